The molecule has 3 aromatic rings. The molecule has 0 unspecified atom stereocenters. The van der Waals surface area contributed by atoms with Crippen LogP contribution in [-0.4, -0.2) is 14.5 Å². The Kier molecular flexibility index (Phi) is 3.03. The molecule has 7 heteroatoms. The van der Waals surface area contributed by atoms with E-state index in [4.69, 9.17) is 5.73 Å². The summed E-state index contributed by atoms with van der Waals surface area (Å²) < 4.78 is 1.84. The summed E-state index contributed by atoms with van der Waals surface area (Å²) in [6, 6.07) is 7.04. The maximum atomic E-state index is 12.3. The van der Waals surface area contributed by atoms with Gasteiger partial charge in [-0.1, -0.05) is 23.5 Å². The van der Waals surface area contributed by atoms with Crippen LogP contribution in [-0.2, 0) is 6.54 Å². The predicted molar refractivity (Wildman–Crippen MR) is 77.9 cm³/mol. The maximum absolute atomic E-state index is 12.3. The van der Waals surface area contributed by atoms with Crippen LogP contribution in [0.25, 0.3) is 10.1 Å². The van der Waals surface area contributed by atoms with E-state index in [2.05, 4.69) is 9.97 Å². The first-order valence-electron chi connectivity index (χ1n) is 5.84. The van der Waals surface area contributed by atoms with Crippen molar-refractivity contribution >= 4 is 27.2 Å². The van der Waals surface area contributed by atoms with Crippen LogP contribution in [0.4, 0.5) is 5.82 Å². The minimum atomic E-state index is -0.317. The molecule has 2 N–H and O–H groups in total. The number of hydrogen-bond acceptors (Lipinski definition) is 6. The van der Waals surface area contributed by atoms with Gasteiger partial charge in [-0.2, -0.15) is 0 Å². The molecule has 0 saturated carbocycles. The third-order valence-corrected chi connectivity index (χ3v) is 3.80. The SMILES string of the molecule is Nc1cnc(Cn2c(=O)sc3ccccc3c2=O)cn1. The predicted octanol–water partition coefficient (Wildman–Crippen LogP) is 0.844. The molecule has 20 heavy (non-hydrogen) atoms. The van der Waals surface area contributed by atoms with E-state index in [1.807, 2.05) is 0 Å². The molecular weight excluding hydrogens is 276 g/mol. The molecule has 2 aromatic heterocycles. The second-order valence-electron chi connectivity index (χ2n) is 4.19. The number of anilines is 1. The molecule has 1 aromatic carbocycles. The quantitative estimate of drug-likeness (QED) is 0.754. The van der Waals surface area contributed by atoms with Gasteiger partial charge in [0.15, 0.2) is 0 Å². The van der Waals surface area contributed by atoms with E-state index >= 15 is 0 Å². The minimum absolute atomic E-state index is 0.0896. The van der Waals surface area contributed by atoms with E-state index in [9.17, 15) is 9.59 Å². The highest BCUT2D eigenvalue weighted by atomic mass is 32.1. The number of benzene rings is 1. The van der Waals surface area contributed by atoms with Crippen molar-refractivity contribution in [1.82, 2.24) is 14.5 Å². The molecule has 0 amide bonds. The van der Waals surface area contributed by atoms with Crippen LogP contribution in [0.2, 0.25) is 0 Å². The van der Waals surface area contributed by atoms with Crippen molar-refractivity contribution < 1.29 is 0 Å². The normalized spacial score (nSPS) is 10.8. The number of nitrogens with two attached hydrogens (primary N) is 1. The van der Waals surface area contributed by atoms with Gasteiger partial charge in [0.2, 0.25) is 0 Å². The number of fused-ring (bicyclic) bond motifs is 1. The fourth-order valence-corrected chi connectivity index (χ4v) is 2.71. The van der Waals surface area contributed by atoms with Crippen molar-refractivity contribution in [3.05, 3.63) is 62.4 Å². The van der Waals surface area contributed by atoms with Crippen molar-refractivity contribution in [2.75, 3.05) is 5.73 Å². The average molecular weight is 286 g/mol. The van der Waals surface area contributed by atoms with Gasteiger partial charge in [-0.25, -0.2) is 4.98 Å². The summed E-state index contributed by atoms with van der Waals surface area (Å²) in [5, 5.41) is 0.528. The molecule has 0 aliphatic carbocycles. The largest absolute Gasteiger partial charge is 0.382 e. The van der Waals surface area contributed by atoms with Gasteiger partial charge in [0.05, 0.1) is 30.0 Å². The van der Waals surface area contributed by atoms with E-state index in [0.29, 0.717) is 21.6 Å². The van der Waals surface area contributed by atoms with Gasteiger partial charge < -0.3 is 5.73 Å². The molecule has 0 spiro atoms. The van der Waals surface area contributed by atoms with Crippen LogP contribution in [0.15, 0.2) is 46.2 Å². The van der Waals surface area contributed by atoms with Crippen molar-refractivity contribution in [2.24, 2.45) is 0 Å². The van der Waals surface area contributed by atoms with Crippen LogP contribution >= 0.6 is 11.3 Å². The second kappa shape index (κ2) is 4.86. The zero-order valence-electron chi connectivity index (χ0n) is 10.3. The number of nitrogen functional groups attached to an aromatic ring is 1. The fraction of sp³-hybridized carbons (Fsp3) is 0.0769. The third-order valence-electron chi connectivity index (χ3n) is 2.83. The maximum Gasteiger partial charge on any atom is 0.310 e. The molecule has 100 valence electrons. The molecule has 0 aliphatic rings. The first-order chi connectivity index (χ1) is 9.65. The lowest BCUT2D eigenvalue weighted by Gasteiger charge is -2.05. The van der Waals surface area contributed by atoms with Crippen molar-refractivity contribution in [3.8, 4) is 0 Å². The molecule has 0 aliphatic heterocycles. The van der Waals surface area contributed by atoms with Crippen LogP contribution in [0.5, 0.6) is 0 Å². The molecule has 0 radical (unpaired) electrons. The highest BCUT2D eigenvalue weighted by Gasteiger charge is 2.09. The Bertz CT molecular complexity index is 883. The Hall–Kier alpha value is -2.54. The van der Waals surface area contributed by atoms with E-state index in [-0.39, 0.29) is 17.0 Å². The van der Waals surface area contributed by atoms with Gasteiger partial charge in [-0.15, -0.1) is 0 Å². The van der Waals surface area contributed by atoms with Gasteiger partial charge in [-0.3, -0.25) is 19.1 Å². The summed E-state index contributed by atoms with van der Waals surface area (Å²) in [6.45, 7) is 0.0896. The Morgan fingerprint density at radius 3 is 2.70 bits per heavy atom. The van der Waals surface area contributed by atoms with E-state index in [1.54, 1.807) is 24.3 Å². The van der Waals surface area contributed by atoms with Crippen LogP contribution < -0.4 is 16.2 Å². The first kappa shape index (κ1) is 12.5. The van der Waals surface area contributed by atoms with E-state index in [1.165, 1.54) is 12.4 Å². The highest BCUT2D eigenvalue weighted by Crippen LogP contribution is 2.11. The third kappa shape index (κ3) is 2.19. The Morgan fingerprint density at radius 1 is 1.15 bits per heavy atom. The average Bonchev–Trinajstić information content (AvgIpc) is 2.45. The van der Waals surface area contributed by atoms with Gasteiger partial charge >= 0.3 is 4.87 Å². The molecule has 0 bridgehead atoms. The lowest BCUT2D eigenvalue weighted by Crippen LogP contribution is -2.31. The molecule has 0 atom stereocenters. The highest BCUT2D eigenvalue weighted by molar-refractivity contribution is 7.16. The van der Waals surface area contributed by atoms with Crippen molar-refractivity contribution in [3.63, 3.8) is 0 Å². The summed E-state index contributed by atoms with van der Waals surface area (Å²) in [5.74, 6) is 0.296. The molecule has 2 heterocycles. The molecule has 0 fully saturated rings. The number of aromatic nitrogens is 3. The van der Waals surface area contributed by atoms with Crippen molar-refractivity contribution in [2.45, 2.75) is 6.54 Å². The molecule has 3 rings (SSSR count). The Morgan fingerprint density at radius 2 is 1.95 bits per heavy atom. The van der Waals surface area contributed by atoms with Crippen LogP contribution in [0.3, 0.4) is 0 Å². The smallest absolute Gasteiger partial charge is 0.310 e. The number of nitrogens with zero attached hydrogens (tertiary/aromatic N) is 3. The fourth-order valence-electron chi connectivity index (χ4n) is 1.85. The summed E-state index contributed by atoms with van der Waals surface area (Å²) >= 11 is 1.04. The van der Waals surface area contributed by atoms with Gasteiger partial charge in [0, 0.05) is 4.70 Å². The molecule has 0 saturated heterocycles. The molecular formula is C13H10N4O2S. The molecule has 6 nitrogen and oxygen atoms in total. The van der Waals surface area contributed by atoms with Gasteiger partial charge in [-0.05, 0) is 12.1 Å². The van der Waals surface area contributed by atoms with E-state index < -0.39 is 0 Å². The number of hydrogen-bond donors (Lipinski definition) is 1. The standard InChI is InChI=1S/C13H10N4O2S/c14-11-6-15-8(5-16-11)7-17-12(18)9-3-1-2-4-10(9)20-13(17)19/h1-6H,7H2,(H2,14,16). The van der Waals surface area contributed by atoms with E-state index in [0.717, 1.165) is 15.9 Å². The minimum Gasteiger partial charge on any atom is -0.382 e. The summed E-state index contributed by atoms with van der Waals surface area (Å²) in [4.78, 5) is 32.0. The lowest BCUT2D eigenvalue weighted by atomic mass is 10.3. The Balaban J connectivity index is 2.14. The van der Waals surface area contributed by atoms with Crippen LogP contribution in [0, 0.1) is 0 Å². The first-order valence-corrected chi connectivity index (χ1v) is 6.66. The van der Waals surface area contributed by atoms with Gasteiger partial charge in [0.1, 0.15) is 5.82 Å². The zero-order chi connectivity index (χ0) is 14.1. The summed E-state index contributed by atoms with van der Waals surface area (Å²) in [5.41, 5.74) is 5.65. The monoisotopic (exact) mass is 286 g/mol. The summed E-state index contributed by atoms with van der Waals surface area (Å²) in [7, 11) is 0. The number of rotatable bonds is 2. The topological polar surface area (TPSA) is 90.9 Å². The lowest BCUT2D eigenvalue weighted by molar-refractivity contribution is 0.729. The van der Waals surface area contributed by atoms with Gasteiger partial charge in [0.25, 0.3) is 5.56 Å². The summed E-state index contributed by atoms with van der Waals surface area (Å²) in [6.07, 6.45) is 2.86. The zero-order valence-corrected chi connectivity index (χ0v) is 11.1. The second-order valence-corrected chi connectivity index (χ2v) is 5.18. The van der Waals surface area contributed by atoms with Crippen molar-refractivity contribution in [1.29, 1.82) is 0 Å². The van der Waals surface area contributed by atoms with Crippen LogP contribution in [0.1, 0.15) is 5.69 Å². The Labute approximate surface area is 117 Å².